The molecule has 2 amide bonds. The van der Waals surface area contributed by atoms with E-state index in [0.29, 0.717) is 31.7 Å². The number of anilines is 1. The third-order valence-electron chi connectivity index (χ3n) is 5.82. The number of rotatable bonds is 7. The van der Waals surface area contributed by atoms with Gasteiger partial charge in [-0.1, -0.05) is 25.1 Å². The fourth-order valence-corrected chi connectivity index (χ4v) is 3.79. The van der Waals surface area contributed by atoms with Crippen LogP contribution in [0.1, 0.15) is 42.7 Å². The molecule has 3 rings (SSSR count). The van der Waals surface area contributed by atoms with Crippen LogP contribution >= 0.6 is 0 Å². The predicted molar refractivity (Wildman–Crippen MR) is 117 cm³/mol. The highest BCUT2D eigenvalue weighted by atomic mass is 16.2. The average Bonchev–Trinajstić information content (AvgIpc) is 2.79. The minimum atomic E-state index is -0.172. The van der Waals surface area contributed by atoms with Crippen molar-refractivity contribution in [2.45, 2.75) is 39.7 Å². The molecule has 0 N–H and O–H groups in total. The van der Waals surface area contributed by atoms with Crippen molar-refractivity contribution in [2.75, 3.05) is 37.6 Å². The number of amides is 2. The first-order valence-electron chi connectivity index (χ1n) is 10.7. The first kappa shape index (κ1) is 21.7. The molecule has 1 aliphatic heterocycles. The van der Waals surface area contributed by atoms with Gasteiger partial charge in [-0.05, 0) is 31.9 Å². The molecule has 2 heterocycles. The molecular formula is C23H31N5O2. The molecule has 0 spiro atoms. The summed E-state index contributed by atoms with van der Waals surface area (Å²) in [5, 5.41) is 0. The van der Waals surface area contributed by atoms with Gasteiger partial charge < -0.3 is 14.7 Å². The van der Waals surface area contributed by atoms with Crippen LogP contribution in [-0.4, -0.2) is 70.3 Å². The Labute approximate surface area is 178 Å². The molecule has 1 aliphatic rings. The topological polar surface area (TPSA) is 69.6 Å². The zero-order valence-electron chi connectivity index (χ0n) is 18.1. The third-order valence-corrected chi connectivity index (χ3v) is 5.82. The lowest BCUT2D eigenvalue weighted by Crippen LogP contribution is -2.50. The Kier molecular flexibility index (Phi) is 7.38. The van der Waals surface area contributed by atoms with Gasteiger partial charge >= 0.3 is 0 Å². The zero-order valence-corrected chi connectivity index (χ0v) is 18.1. The highest BCUT2D eigenvalue weighted by Gasteiger charge is 2.25. The number of piperazine rings is 1. The number of hydrogen-bond donors (Lipinski definition) is 0. The van der Waals surface area contributed by atoms with Crippen LogP contribution in [-0.2, 0) is 4.79 Å². The van der Waals surface area contributed by atoms with Gasteiger partial charge in [0.2, 0.25) is 5.91 Å². The van der Waals surface area contributed by atoms with Gasteiger partial charge in [0.15, 0.2) is 0 Å². The lowest BCUT2D eigenvalue weighted by atomic mass is 10.1. The van der Waals surface area contributed by atoms with Crippen LogP contribution < -0.4 is 4.90 Å². The van der Waals surface area contributed by atoms with E-state index in [1.54, 1.807) is 11.1 Å². The monoisotopic (exact) mass is 409 g/mol. The van der Waals surface area contributed by atoms with Crippen LogP contribution in [0.25, 0.3) is 0 Å². The standard InChI is InChI=1S/C23H31N5O2/c1-4-19(3)28(23(30)20-17-24-10-11-25-20)12-9-22(29)27-15-13-26(14-16-27)21-8-6-5-7-18(21)2/h5-8,10-11,17,19H,4,9,12-16H2,1-3H3. The second kappa shape index (κ2) is 10.2. The minimum absolute atomic E-state index is 0.0326. The smallest absolute Gasteiger partial charge is 0.274 e. The molecule has 1 unspecified atom stereocenters. The molecular weight excluding hydrogens is 378 g/mol. The Bertz CT molecular complexity index is 850. The molecule has 1 saturated heterocycles. The normalized spacial score (nSPS) is 15.0. The van der Waals surface area contributed by atoms with Crippen LogP contribution in [0.2, 0.25) is 0 Å². The van der Waals surface area contributed by atoms with Gasteiger partial charge in [-0.2, -0.15) is 0 Å². The number of para-hydroxylation sites is 1. The van der Waals surface area contributed by atoms with Gasteiger partial charge in [0.1, 0.15) is 5.69 Å². The molecule has 7 nitrogen and oxygen atoms in total. The molecule has 160 valence electrons. The van der Waals surface area contributed by atoms with E-state index in [2.05, 4.69) is 40.0 Å². The van der Waals surface area contributed by atoms with Crippen molar-refractivity contribution in [1.82, 2.24) is 19.8 Å². The fraction of sp³-hybridized carbons (Fsp3) is 0.478. The van der Waals surface area contributed by atoms with Crippen molar-refractivity contribution >= 4 is 17.5 Å². The summed E-state index contributed by atoms with van der Waals surface area (Å²) in [4.78, 5) is 39.8. The molecule has 1 atom stereocenters. The van der Waals surface area contributed by atoms with Gasteiger partial charge in [0.05, 0.1) is 6.20 Å². The highest BCUT2D eigenvalue weighted by Crippen LogP contribution is 2.21. The van der Waals surface area contributed by atoms with E-state index in [-0.39, 0.29) is 17.9 Å². The molecule has 1 fully saturated rings. The first-order chi connectivity index (χ1) is 14.5. The number of carbonyl (C=O) groups is 2. The van der Waals surface area contributed by atoms with Gasteiger partial charge in [-0.25, -0.2) is 4.98 Å². The summed E-state index contributed by atoms with van der Waals surface area (Å²) in [5.41, 5.74) is 2.81. The Morgan fingerprint density at radius 2 is 1.87 bits per heavy atom. The second-order valence-corrected chi connectivity index (χ2v) is 7.75. The van der Waals surface area contributed by atoms with Crippen LogP contribution in [0.15, 0.2) is 42.9 Å². The summed E-state index contributed by atoms with van der Waals surface area (Å²) >= 11 is 0. The summed E-state index contributed by atoms with van der Waals surface area (Å²) in [7, 11) is 0. The predicted octanol–water partition coefficient (Wildman–Crippen LogP) is 2.76. The Morgan fingerprint density at radius 1 is 1.13 bits per heavy atom. The van der Waals surface area contributed by atoms with Gasteiger partial charge in [0, 0.05) is 63.3 Å². The average molecular weight is 410 g/mol. The first-order valence-corrected chi connectivity index (χ1v) is 10.7. The number of benzene rings is 1. The Balaban J connectivity index is 1.56. The van der Waals surface area contributed by atoms with E-state index in [9.17, 15) is 9.59 Å². The SMILES string of the molecule is CCC(C)N(CCC(=O)N1CCN(c2ccccc2C)CC1)C(=O)c1cnccn1. The summed E-state index contributed by atoms with van der Waals surface area (Å²) < 4.78 is 0. The molecule has 1 aromatic carbocycles. The van der Waals surface area contributed by atoms with Crippen molar-refractivity contribution in [1.29, 1.82) is 0 Å². The van der Waals surface area contributed by atoms with E-state index < -0.39 is 0 Å². The van der Waals surface area contributed by atoms with E-state index >= 15 is 0 Å². The second-order valence-electron chi connectivity index (χ2n) is 7.75. The van der Waals surface area contributed by atoms with Crippen molar-refractivity contribution in [3.8, 4) is 0 Å². The summed E-state index contributed by atoms with van der Waals surface area (Å²) in [6, 6.07) is 8.38. The molecule has 2 aromatic rings. The van der Waals surface area contributed by atoms with Crippen LogP contribution in [0.4, 0.5) is 5.69 Å². The van der Waals surface area contributed by atoms with E-state index in [0.717, 1.165) is 19.5 Å². The molecule has 0 aliphatic carbocycles. The maximum absolute atomic E-state index is 12.9. The third kappa shape index (κ3) is 5.14. The Hall–Kier alpha value is -2.96. The van der Waals surface area contributed by atoms with Gasteiger partial charge in [0.25, 0.3) is 5.91 Å². The van der Waals surface area contributed by atoms with E-state index in [1.807, 2.05) is 24.8 Å². The van der Waals surface area contributed by atoms with Gasteiger partial charge in [-0.3, -0.25) is 14.6 Å². The van der Waals surface area contributed by atoms with Crippen molar-refractivity contribution in [2.24, 2.45) is 0 Å². The molecule has 7 heteroatoms. The van der Waals surface area contributed by atoms with Crippen LogP contribution in [0.5, 0.6) is 0 Å². The van der Waals surface area contributed by atoms with Crippen molar-refractivity contribution < 1.29 is 9.59 Å². The summed E-state index contributed by atoms with van der Waals surface area (Å²) in [6.45, 7) is 9.59. The molecule has 0 radical (unpaired) electrons. The fourth-order valence-electron chi connectivity index (χ4n) is 3.79. The van der Waals surface area contributed by atoms with E-state index in [1.165, 1.54) is 23.6 Å². The molecule has 30 heavy (non-hydrogen) atoms. The maximum atomic E-state index is 12.9. The number of hydrogen-bond acceptors (Lipinski definition) is 5. The number of aromatic nitrogens is 2. The van der Waals surface area contributed by atoms with Crippen LogP contribution in [0.3, 0.4) is 0 Å². The van der Waals surface area contributed by atoms with Crippen LogP contribution in [0, 0.1) is 6.92 Å². The largest absolute Gasteiger partial charge is 0.368 e. The lowest BCUT2D eigenvalue weighted by Gasteiger charge is -2.37. The number of aryl methyl sites for hydroxylation is 1. The number of nitrogens with zero attached hydrogens (tertiary/aromatic N) is 5. The molecule has 0 saturated carbocycles. The zero-order chi connectivity index (χ0) is 21.5. The molecule has 0 bridgehead atoms. The van der Waals surface area contributed by atoms with Crippen molar-refractivity contribution in [3.63, 3.8) is 0 Å². The Morgan fingerprint density at radius 3 is 2.50 bits per heavy atom. The minimum Gasteiger partial charge on any atom is -0.368 e. The lowest BCUT2D eigenvalue weighted by molar-refractivity contribution is -0.131. The van der Waals surface area contributed by atoms with Crippen molar-refractivity contribution in [3.05, 3.63) is 54.1 Å². The summed E-state index contributed by atoms with van der Waals surface area (Å²) in [5.74, 6) is -0.0747. The summed E-state index contributed by atoms with van der Waals surface area (Å²) in [6.07, 6.45) is 5.67. The van der Waals surface area contributed by atoms with Gasteiger partial charge in [-0.15, -0.1) is 0 Å². The maximum Gasteiger partial charge on any atom is 0.274 e. The highest BCUT2D eigenvalue weighted by molar-refractivity contribution is 5.92. The quantitative estimate of drug-likeness (QED) is 0.703. The van der Waals surface area contributed by atoms with E-state index in [4.69, 9.17) is 0 Å². The molecule has 1 aromatic heterocycles. The number of carbonyl (C=O) groups excluding carboxylic acids is 2.